The summed E-state index contributed by atoms with van der Waals surface area (Å²) in [5.74, 6) is -0.222. The molecule has 2 aliphatic rings. The summed E-state index contributed by atoms with van der Waals surface area (Å²) < 4.78 is 0. The van der Waals surface area contributed by atoms with Gasteiger partial charge in [-0.3, -0.25) is 4.90 Å². The van der Waals surface area contributed by atoms with Gasteiger partial charge in [-0.05, 0) is 37.8 Å². The van der Waals surface area contributed by atoms with Crippen LogP contribution in [-0.4, -0.2) is 77.2 Å². The number of hydrogen-bond acceptors (Lipinski definition) is 4. The van der Waals surface area contributed by atoms with Crippen molar-refractivity contribution in [3.8, 4) is 0 Å². The van der Waals surface area contributed by atoms with Crippen LogP contribution in [0.25, 0.3) is 0 Å². The number of aliphatic carboxylic acids is 1. The molecule has 2 unspecified atom stereocenters. The van der Waals surface area contributed by atoms with Gasteiger partial charge in [-0.2, -0.15) is 11.8 Å². The van der Waals surface area contributed by atoms with Gasteiger partial charge in [0.1, 0.15) is 6.04 Å². The minimum absolute atomic E-state index is 0.231. The van der Waals surface area contributed by atoms with Crippen LogP contribution in [0.15, 0.2) is 0 Å². The van der Waals surface area contributed by atoms with Gasteiger partial charge in [0.25, 0.3) is 0 Å². The van der Waals surface area contributed by atoms with Gasteiger partial charge in [-0.1, -0.05) is 0 Å². The molecule has 7 heteroatoms. The molecule has 0 bridgehead atoms. The predicted molar refractivity (Wildman–Crippen MR) is 79.1 cm³/mol. The van der Waals surface area contributed by atoms with Crippen LogP contribution in [-0.2, 0) is 4.79 Å². The molecule has 0 saturated carbocycles. The van der Waals surface area contributed by atoms with Crippen LogP contribution in [0, 0.1) is 0 Å². The first-order valence-corrected chi connectivity index (χ1v) is 8.52. The molecule has 114 valence electrons. The second-order valence-electron chi connectivity index (χ2n) is 5.40. The molecule has 2 N–H and O–H groups in total. The van der Waals surface area contributed by atoms with Crippen LogP contribution in [0.3, 0.4) is 0 Å². The van der Waals surface area contributed by atoms with E-state index in [2.05, 4.69) is 10.2 Å². The molecule has 0 spiro atoms. The Morgan fingerprint density at radius 1 is 1.40 bits per heavy atom. The summed E-state index contributed by atoms with van der Waals surface area (Å²) in [7, 11) is 0. The zero-order valence-corrected chi connectivity index (χ0v) is 12.7. The van der Waals surface area contributed by atoms with E-state index in [9.17, 15) is 9.59 Å². The third-order valence-corrected chi connectivity index (χ3v) is 4.72. The van der Waals surface area contributed by atoms with Crippen LogP contribution in [0.2, 0.25) is 0 Å². The van der Waals surface area contributed by atoms with Gasteiger partial charge >= 0.3 is 12.0 Å². The maximum Gasteiger partial charge on any atom is 0.326 e. The zero-order chi connectivity index (χ0) is 14.5. The van der Waals surface area contributed by atoms with E-state index >= 15 is 0 Å². The lowest BCUT2D eigenvalue weighted by molar-refractivity contribution is -0.139. The van der Waals surface area contributed by atoms with Gasteiger partial charge in [0.05, 0.1) is 0 Å². The molecule has 2 saturated heterocycles. The topological polar surface area (TPSA) is 72.9 Å². The van der Waals surface area contributed by atoms with Gasteiger partial charge in [0.2, 0.25) is 0 Å². The average molecular weight is 301 g/mol. The Bertz CT molecular complexity index is 367. The predicted octanol–water partition coefficient (Wildman–Crippen LogP) is 0.682. The quantitative estimate of drug-likeness (QED) is 0.781. The number of nitrogens with zero attached hydrogens (tertiary/aromatic N) is 2. The van der Waals surface area contributed by atoms with E-state index in [0.717, 1.165) is 31.8 Å². The van der Waals surface area contributed by atoms with Crippen molar-refractivity contribution in [1.82, 2.24) is 15.1 Å². The Morgan fingerprint density at radius 2 is 2.20 bits per heavy atom. The summed E-state index contributed by atoms with van der Waals surface area (Å²) in [5, 5.41) is 11.8. The van der Waals surface area contributed by atoms with Gasteiger partial charge < -0.3 is 15.3 Å². The number of carbonyl (C=O) groups excluding carboxylic acids is 1. The van der Waals surface area contributed by atoms with Gasteiger partial charge in [-0.25, -0.2) is 9.59 Å². The zero-order valence-electron chi connectivity index (χ0n) is 11.9. The van der Waals surface area contributed by atoms with Crippen molar-refractivity contribution in [2.24, 2.45) is 0 Å². The third-order valence-electron chi connectivity index (χ3n) is 4.08. The van der Waals surface area contributed by atoms with Crippen molar-refractivity contribution in [3.63, 3.8) is 0 Å². The average Bonchev–Trinajstić information content (AvgIpc) is 2.90. The lowest BCUT2D eigenvalue weighted by Crippen LogP contribution is -2.56. The molecule has 2 fully saturated rings. The largest absolute Gasteiger partial charge is 0.480 e. The van der Waals surface area contributed by atoms with Gasteiger partial charge in [-0.15, -0.1) is 0 Å². The number of carboxylic acid groups (broad SMARTS) is 1. The van der Waals surface area contributed by atoms with Crippen molar-refractivity contribution in [2.75, 3.05) is 38.2 Å². The minimum atomic E-state index is -0.952. The normalized spacial score (nSPS) is 24.2. The number of thioether (sulfide) groups is 1. The summed E-state index contributed by atoms with van der Waals surface area (Å²) >= 11 is 1.59. The second-order valence-corrected chi connectivity index (χ2v) is 6.39. The number of piperazine rings is 1. The van der Waals surface area contributed by atoms with Gasteiger partial charge in [0.15, 0.2) is 0 Å². The number of fused-ring (bicyclic) bond motifs is 1. The van der Waals surface area contributed by atoms with Crippen molar-refractivity contribution in [2.45, 2.75) is 31.3 Å². The second kappa shape index (κ2) is 7.17. The number of amides is 2. The number of carbonyl (C=O) groups is 2. The highest BCUT2D eigenvalue weighted by Gasteiger charge is 2.33. The molecule has 0 radical (unpaired) electrons. The van der Waals surface area contributed by atoms with Crippen molar-refractivity contribution >= 4 is 23.8 Å². The molecule has 2 atom stereocenters. The van der Waals surface area contributed by atoms with E-state index in [1.807, 2.05) is 6.26 Å². The first-order valence-electron chi connectivity index (χ1n) is 7.13. The highest BCUT2D eigenvalue weighted by Crippen LogP contribution is 2.21. The SMILES string of the molecule is CSCCC(NC(=O)N1CCN2CCCC2C1)C(=O)O. The van der Waals surface area contributed by atoms with E-state index in [-0.39, 0.29) is 6.03 Å². The minimum Gasteiger partial charge on any atom is -0.480 e. The number of urea groups is 1. The summed E-state index contributed by atoms with van der Waals surface area (Å²) in [4.78, 5) is 27.5. The molecule has 0 aromatic carbocycles. The summed E-state index contributed by atoms with van der Waals surface area (Å²) in [6.45, 7) is 3.45. The standard InChI is InChI=1S/C13H23N3O3S/c1-20-8-4-11(12(17)18)14-13(19)16-7-6-15-5-2-3-10(15)9-16/h10-11H,2-9H2,1H3,(H,14,19)(H,17,18). The molecule has 0 aromatic heterocycles. The van der Waals surface area contributed by atoms with Gasteiger partial charge in [0, 0.05) is 25.7 Å². The van der Waals surface area contributed by atoms with E-state index in [1.54, 1.807) is 16.7 Å². The summed E-state index contributed by atoms with van der Waals surface area (Å²) in [5.41, 5.74) is 0. The molecule has 2 amide bonds. The Morgan fingerprint density at radius 3 is 2.90 bits per heavy atom. The summed E-state index contributed by atoms with van der Waals surface area (Å²) in [6, 6.07) is -0.550. The molecular formula is C13H23N3O3S. The molecule has 6 nitrogen and oxygen atoms in total. The van der Waals surface area contributed by atoms with Crippen LogP contribution in [0.4, 0.5) is 4.79 Å². The van der Waals surface area contributed by atoms with E-state index in [4.69, 9.17) is 5.11 Å². The van der Waals surface area contributed by atoms with Crippen molar-refractivity contribution in [1.29, 1.82) is 0 Å². The maximum absolute atomic E-state index is 12.2. The monoisotopic (exact) mass is 301 g/mol. The molecule has 20 heavy (non-hydrogen) atoms. The highest BCUT2D eigenvalue weighted by molar-refractivity contribution is 7.98. The Hall–Kier alpha value is -0.950. The molecule has 0 aromatic rings. The van der Waals surface area contributed by atoms with E-state index in [1.165, 1.54) is 6.42 Å². The molecule has 0 aliphatic carbocycles. The van der Waals surface area contributed by atoms with Crippen molar-refractivity contribution in [3.05, 3.63) is 0 Å². The lowest BCUT2D eigenvalue weighted by atomic mass is 10.1. The Kier molecular flexibility index (Phi) is 5.54. The third kappa shape index (κ3) is 3.79. The van der Waals surface area contributed by atoms with Crippen molar-refractivity contribution < 1.29 is 14.7 Å². The first kappa shape index (κ1) is 15.4. The smallest absolute Gasteiger partial charge is 0.326 e. The molecule has 2 rings (SSSR count). The number of hydrogen-bond donors (Lipinski definition) is 2. The van der Waals surface area contributed by atoms with Crippen LogP contribution in [0.5, 0.6) is 0 Å². The van der Waals surface area contributed by atoms with Crippen LogP contribution < -0.4 is 5.32 Å². The van der Waals surface area contributed by atoms with E-state index < -0.39 is 12.0 Å². The fourth-order valence-corrected chi connectivity index (χ4v) is 3.38. The fourth-order valence-electron chi connectivity index (χ4n) is 2.91. The molecular weight excluding hydrogens is 278 g/mol. The Balaban J connectivity index is 1.85. The molecule has 2 aliphatic heterocycles. The van der Waals surface area contributed by atoms with Crippen LogP contribution in [0.1, 0.15) is 19.3 Å². The fraction of sp³-hybridized carbons (Fsp3) is 0.846. The number of nitrogens with one attached hydrogen (secondary N) is 1. The number of rotatable bonds is 5. The number of carboxylic acids is 1. The molecule has 2 heterocycles. The van der Waals surface area contributed by atoms with Crippen LogP contribution >= 0.6 is 11.8 Å². The van der Waals surface area contributed by atoms with E-state index in [0.29, 0.717) is 19.0 Å². The summed E-state index contributed by atoms with van der Waals surface area (Å²) in [6.07, 6.45) is 4.73. The Labute approximate surface area is 123 Å². The maximum atomic E-state index is 12.2. The first-order chi connectivity index (χ1) is 9.61. The lowest BCUT2D eigenvalue weighted by Gasteiger charge is -2.37. The highest BCUT2D eigenvalue weighted by atomic mass is 32.2.